The van der Waals surface area contributed by atoms with Crippen molar-refractivity contribution >= 4 is 18.6 Å². The molecule has 1 N–H and O–H groups in total. The van der Waals surface area contributed by atoms with Crippen LogP contribution in [0.5, 0.6) is 5.75 Å². The minimum absolute atomic E-state index is 0.0333. The fourth-order valence-electron chi connectivity index (χ4n) is 2.03. The number of hydrogen-bond donors (Lipinski definition) is 1. The van der Waals surface area contributed by atoms with Gasteiger partial charge in [-0.05, 0) is 39.8 Å². The van der Waals surface area contributed by atoms with Crippen molar-refractivity contribution in [2.45, 2.75) is 38.9 Å². The number of hydrogen-bond acceptors (Lipinski definition) is 5. The highest BCUT2D eigenvalue weighted by Crippen LogP contribution is 2.37. The predicted octanol–water partition coefficient (Wildman–Crippen LogP) is 1.62. The van der Waals surface area contributed by atoms with Crippen molar-refractivity contribution in [3.63, 3.8) is 0 Å². The van der Waals surface area contributed by atoms with E-state index in [2.05, 4.69) is 4.74 Å². The van der Waals surface area contributed by atoms with Crippen LogP contribution in [0, 0.1) is 5.82 Å². The highest BCUT2D eigenvalue weighted by Gasteiger charge is 2.52. The zero-order valence-corrected chi connectivity index (χ0v) is 12.7. The summed E-state index contributed by atoms with van der Waals surface area (Å²) in [5.74, 6) is -1.96. The smallest absolute Gasteiger partial charge is 0.498 e. The average molecular weight is 296 g/mol. The Kier molecular flexibility index (Phi) is 3.76. The van der Waals surface area contributed by atoms with Crippen LogP contribution in [-0.4, -0.2) is 36.5 Å². The molecule has 1 aliphatic heterocycles. The number of esters is 1. The van der Waals surface area contributed by atoms with Gasteiger partial charge in [-0.2, -0.15) is 0 Å². The number of methoxy groups -OCH3 is 1. The average Bonchev–Trinajstić information content (AvgIpc) is 2.59. The molecule has 0 aliphatic carbocycles. The van der Waals surface area contributed by atoms with E-state index < -0.39 is 30.1 Å². The maximum absolute atomic E-state index is 14.5. The Labute approximate surface area is 123 Å². The van der Waals surface area contributed by atoms with Gasteiger partial charge in [-0.25, -0.2) is 9.18 Å². The molecule has 1 aromatic rings. The second-order valence-corrected chi connectivity index (χ2v) is 5.98. The first-order valence-electron chi connectivity index (χ1n) is 6.55. The van der Waals surface area contributed by atoms with Gasteiger partial charge in [-0.1, -0.05) is 0 Å². The van der Waals surface area contributed by atoms with Gasteiger partial charge in [0.25, 0.3) is 0 Å². The van der Waals surface area contributed by atoms with Crippen LogP contribution in [0.4, 0.5) is 4.39 Å². The van der Waals surface area contributed by atoms with Crippen LogP contribution in [0.15, 0.2) is 12.1 Å². The number of phenols is 1. The molecule has 0 amide bonds. The Morgan fingerprint density at radius 3 is 2.24 bits per heavy atom. The molecule has 1 aromatic carbocycles. The zero-order chi connectivity index (χ0) is 16.0. The van der Waals surface area contributed by atoms with Crippen LogP contribution < -0.4 is 5.46 Å². The quantitative estimate of drug-likeness (QED) is 0.663. The maximum atomic E-state index is 14.5. The van der Waals surface area contributed by atoms with Crippen molar-refractivity contribution in [3.8, 4) is 5.75 Å². The Balaban J connectivity index is 2.47. The van der Waals surface area contributed by atoms with E-state index in [0.29, 0.717) is 0 Å². The second-order valence-electron chi connectivity index (χ2n) is 5.98. The van der Waals surface area contributed by atoms with Gasteiger partial charge in [0.05, 0.1) is 23.9 Å². The number of ether oxygens (including phenoxy) is 1. The van der Waals surface area contributed by atoms with E-state index in [9.17, 15) is 14.3 Å². The SMILES string of the molecule is COC(=O)c1cc(O)cc(B2OC(C)(C)C(C)(C)O2)c1F. The summed E-state index contributed by atoms with van der Waals surface area (Å²) in [5.41, 5.74) is -1.70. The highest BCUT2D eigenvalue weighted by atomic mass is 19.1. The topological polar surface area (TPSA) is 65.0 Å². The summed E-state index contributed by atoms with van der Waals surface area (Å²) in [6, 6.07) is 2.19. The van der Waals surface area contributed by atoms with E-state index in [-0.39, 0.29) is 16.8 Å². The fraction of sp³-hybridized carbons (Fsp3) is 0.500. The van der Waals surface area contributed by atoms with Crippen LogP contribution in [0.25, 0.3) is 0 Å². The van der Waals surface area contributed by atoms with Crippen LogP contribution in [0.3, 0.4) is 0 Å². The van der Waals surface area contributed by atoms with Crippen molar-refractivity contribution in [1.82, 2.24) is 0 Å². The molecule has 1 aliphatic rings. The molecule has 1 heterocycles. The molecule has 0 aromatic heterocycles. The third kappa shape index (κ3) is 2.63. The zero-order valence-electron chi connectivity index (χ0n) is 12.7. The molecule has 2 rings (SSSR count). The number of halogens is 1. The molecule has 0 unspecified atom stereocenters. The molecule has 0 bridgehead atoms. The van der Waals surface area contributed by atoms with Gasteiger partial charge in [-0.3, -0.25) is 0 Å². The molecule has 0 atom stereocenters. The molecule has 1 saturated heterocycles. The summed E-state index contributed by atoms with van der Waals surface area (Å²) in [7, 11) is 0.130. The molecular weight excluding hydrogens is 278 g/mol. The Morgan fingerprint density at radius 1 is 1.24 bits per heavy atom. The summed E-state index contributed by atoms with van der Waals surface area (Å²) in [5, 5.41) is 9.70. The normalized spacial score (nSPS) is 19.6. The van der Waals surface area contributed by atoms with E-state index in [4.69, 9.17) is 9.31 Å². The van der Waals surface area contributed by atoms with Crippen molar-refractivity contribution in [2.75, 3.05) is 7.11 Å². The molecule has 1 fully saturated rings. The minimum atomic E-state index is -1.01. The molecular formula is C14H18BFO5. The van der Waals surface area contributed by atoms with Crippen LogP contribution in [0.1, 0.15) is 38.1 Å². The summed E-state index contributed by atoms with van der Waals surface area (Å²) < 4.78 is 30.4. The van der Waals surface area contributed by atoms with Gasteiger partial charge in [-0.15, -0.1) is 0 Å². The molecule has 0 saturated carbocycles. The van der Waals surface area contributed by atoms with E-state index in [1.807, 2.05) is 27.7 Å². The summed E-state index contributed by atoms with van der Waals surface area (Å²) in [6.45, 7) is 7.31. The second kappa shape index (κ2) is 5.00. The van der Waals surface area contributed by atoms with Crippen LogP contribution in [0.2, 0.25) is 0 Å². The third-order valence-corrected chi connectivity index (χ3v) is 4.00. The molecule has 0 radical (unpaired) electrons. The third-order valence-electron chi connectivity index (χ3n) is 4.00. The number of carbonyl (C=O) groups excluding carboxylic acids is 1. The van der Waals surface area contributed by atoms with Gasteiger partial charge in [0, 0.05) is 5.46 Å². The van der Waals surface area contributed by atoms with E-state index >= 15 is 0 Å². The van der Waals surface area contributed by atoms with E-state index in [1.54, 1.807) is 0 Å². The summed E-state index contributed by atoms with van der Waals surface area (Å²) in [4.78, 5) is 11.6. The minimum Gasteiger partial charge on any atom is -0.508 e. The van der Waals surface area contributed by atoms with Crippen molar-refractivity contribution < 1.29 is 28.3 Å². The predicted molar refractivity (Wildman–Crippen MR) is 75.1 cm³/mol. The highest BCUT2D eigenvalue weighted by molar-refractivity contribution is 6.62. The molecule has 5 nitrogen and oxygen atoms in total. The lowest BCUT2D eigenvalue weighted by atomic mass is 9.77. The molecule has 21 heavy (non-hydrogen) atoms. The van der Waals surface area contributed by atoms with Crippen molar-refractivity contribution in [1.29, 1.82) is 0 Å². The number of rotatable bonds is 2. The van der Waals surface area contributed by atoms with Gasteiger partial charge >= 0.3 is 13.1 Å². The van der Waals surface area contributed by atoms with E-state index in [0.717, 1.165) is 13.2 Å². The standard InChI is InChI=1S/C14H18BFO5/c1-13(2)14(3,4)21-15(20-13)10-7-8(17)6-9(11(10)16)12(18)19-5/h6-7,17H,1-5H3. The largest absolute Gasteiger partial charge is 0.508 e. The summed E-state index contributed by atoms with van der Waals surface area (Å²) in [6.07, 6.45) is 0. The Bertz CT molecular complexity index is 569. The first-order chi connectivity index (χ1) is 9.59. The van der Waals surface area contributed by atoms with Gasteiger partial charge < -0.3 is 19.2 Å². The van der Waals surface area contributed by atoms with Gasteiger partial charge in [0.15, 0.2) is 0 Å². The molecule has 7 heteroatoms. The molecule has 114 valence electrons. The van der Waals surface area contributed by atoms with Crippen LogP contribution in [-0.2, 0) is 14.0 Å². The number of phenolic OH excluding ortho intramolecular Hbond substituents is 1. The lowest BCUT2D eigenvalue weighted by Gasteiger charge is -2.32. The van der Waals surface area contributed by atoms with Crippen molar-refractivity contribution in [3.05, 3.63) is 23.5 Å². The number of carbonyl (C=O) groups is 1. The monoisotopic (exact) mass is 296 g/mol. The lowest BCUT2D eigenvalue weighted by molar-refractivity contribution is 0.00578. The van der Waals surface area contributed by atoms with E-state index in [1.165, 1.54) is 6.07 Å². The number of aromatic hydroxyl groups is 1. The molecule has 0 spiro atoms. The van der Waals surface area contributed by atoms with Gasteiger partial charge in [0.2, 0.25) is 0 Å². The van der Waals surface area contributed by atoms with Crippen molar-refractivity contribution in [2.24, 2.45) is 0 Å². The van der Waals surface area contributed by atoms with Gasteiger partial charge in [0.1, 0.15) is 11.6 Å². The summed E-state index contributed by atoms with van der Waals surface area (Å²) >= 11 is 0. The Morgan fingerprint density at radius 2 is 1.76 bits per heavy atom. The first-order valence-corrected chi connectivity index (χ1v) is 6.55. The Hall–Kier alpha value is -1.60. The fourth-order valence-corrected chi connectivity index (χ4v) is 2.03. The maximum Gasteiger partial charge on any atom is 0.498 e. The van der Waals surface area contributed by atoms with Crippen LogP contribution >= 0.6 is 0 Å². The number of benzene rings is 1. The first kappa shape index (κ1) is 15.8. The lowest BCUT2D eigenvalue weighted by Crippen LogP contribution is -2.41.